The van der Waals surface area contributed by atoms with Crippen molar-refractivity contribution in [2.24, 2.45) is 0 Å². The highest BCUT2D eigenvalue weighted by Gasteiger charge is 2.11. The molecule has 0 saturated heterocycles. The minimum absolute atomic E-state index is 0.00504. The smallest absolute Gasteiger partial charge is 0.238 e. The summed E-state index contributed by atoms with van der Waals surface area (Å²) < 4.78 is 0. The number of aromatic nitrogens is 2. The van der Waals surface area contributed by atoms with Gasteiger partial charge in [0.05, 0.1) is 23.6 Å². The van der Waals surface area contributed by atoms with E-state index in [2.05, 4.69) is 20.8 Å². The molecule has 3 N–H and O–H groups in total. The Labute approximate surface area is 108 Å². The van der Waals surface area contributed by atoms with Crippen molar-refractivity contribution in [1.29, 1.82) is 0 Å². The number of nitrogens with zero attached hydrogens (tertiary/aromatic N) is 2. The Balaban J connectivity index is 2.37. The van der Waals surface area contributed by atoms with Crippen LogP contribution >= 0.6 is 0 Å². The molecular formula is C12H23N5O. The highest BCUT2D eigenvalue weighted by molar-refractivity contribution is 5.93. The average Bonchev–Trinajstić information content (AvgIpc) is 2.61. The zero-order valence-corrected chi connectivity index (χ0v) is 11.6. The molecule has 0 aliphatic carbocycles. The van der Waals surface area contributed by atoms with Gasteiger partial charge in [0.25, 0.3) is 0 Å². The Morgan fingerprint density at radius 3 is 2.72 bits per heavy atom. The van der Waals surface area contributed by atoms with Crippen molar-refractivity contribution in [2.45, 2.75) is 20.3 Å². The van der Waals surface area contributed by atoms with Crippen LogP contribution in [0.4, 0.5) is 5.69 Å². The van der Waals surface area contributed by atoms with Crippen LogP contribution in [0.25, 0.3) is 0 Å². The van der Waals surface area contributed by atoms with E-state index in [9.17, 15) is 4.79 Å². The molecule has 0 atom stereocenters. The zero-order valence-electron chi connectivity index (χ0n) is 11.6. The first-order valence-corrected chi connectivity index (χ1v) is 6.19. The van der Waals surface area contributed by atoms with Crippen LogP contribution in [0.3, 0.4) is 0 Å². The Hall–Kier alpha value is -1.40. The molecule has 1 amide bonds. The monoisotopic (exact) mass is 253 g/mol. The minimum atomic E-state index is -0.00504. The summed E-state index contributed by atoms with van der Waals surface area (Å²) in [4.78, 5) is 13.9. The molecule has 1 rings (SSSR count). The Kier molecular flexibility index (Phi) is 5.80. The average molecular weight is 253 g/mol. The van der Waals surface area contributed by atoms with Gasteiger partial charge in [0.2, 0.25) is 5.91 Å². The van der Waals surface area contributed by atoms with Crippen LogP contribution < -0.4 is 10.6 Å². The molecule has 0 bridgehead atoms. The van der Waals surface area contributed by atoms with Crippen LogP contribution in [0, 0.1) is 13.8 Å². The number of hydrogen-bond donors (Lipinski definition) is 3. The van der Waals surface area contributed by atoms with Gasteiger partial charge in [0.1, 0.15) is 0 Å². The molecular weight excluding hydrogens is 230 g/mol. The number of aryl methyl sites for hydroxylation is 2. The van der Waals surface area contributed by atoms with Gasteiger partial charge >= 0.3 is 0 Å². The summed E-state index contributed by atoms with van der Waals surface area (Å²) >= 11 is 0. The lowest BCUT2D eigenvalue weighted by Gasteiger charge is -2.16. The van der Waals surface area contributed by atoms with Gasteiger partial charge in [-0.1, -0.05) is 0 Å². The number of carbonyl (C=O) groups excluding carboxylic acids is 1. The van der Waals surface area contributed by atoms with E-state index in [0.29, 0.717) is 6.54 Å². The molecule has 6 nitrogen and oxygen atoms in total. The fourth-order valence-corrected chi connectivity index (χ4v) is 1.76. The van der Waals surface area contributed by atoms with E-state index >= 15 is 0 Å². The SMILES string of the molecule is CNCCCN(C)CC(=O)Nc1c(C)n[nH]c1C. The fraction of sp³-hybridized carbons (Fsp3) is 0.667. The van der Waals surface area contributed by atoms with Gasteiger partial charge in [-0.3, -0.25) is 14.8 Å². The number of H-pyrrole nitrogens is 1. The summed E-state index contributed by atoms with van der Waals surface area (Å²) in [6.07, 6.45) is 1.03. The van der Waals surface area contributed by atoms with E-state index in [1.165, 1.54) is 0 Å². The number of hydrogen-bond acceptors (Lipinski definition) is 4. The molecule has 6 heteroatoms. The van der Waals surface area contributed by atoms with Gasteiger partial charge in [-0.25, -0.2) is 0 Å². The summed E-state index contributed by atoms with van der Waals surface area (Å²) in [5, 5.41) is 12.9. The fourth-order valence-electron chi connectivity index (χ4n) is 1.76. The van der Waals surface area contributed by atoms with E-state index in [1.807, 2.05) is 32.8 Å². The van der Waals surface area contributed by atoms with Crippen LogP contribution in [0.1, 0.15) is 17.8 Å². The van der Waals surface area contributed by atoms with Gasteiger partial charge in [-0.2, -0.15) is 5.10 Å². The number of rotatable bonds is 7. The third-order valence-corrected chi connectivity index (χ3v) is 2.77. The Morgan fingerprint density at radius 1 is 1.44 bits per heavy atom. The molecule has 0 fully saturated rings. The number of aromatic amines is 1. The van der Waals surface area contributed by atoms with Crippen molar-refractivity contribution < 1.29 is 4.79 Å². The number of nitrogens with one attached hydrogen (secondary N) is 3. The van der Waals surface area contributed by atoms with Crippen molar-refractivity contribution >= 4 is 11.6 Å². The molecule has 0 spiro atoms. The molecule has 0 radical (unpaired) electrons. The van der Waals surface area contributed by atoms with Gasteiger partial charge in [-0.15, -0.1) is 0 Å². The molecule has 1 heterocycles. The lowest BCUT2D eigenvalue weighted by molar-refractivity contribution is -0.117. The van der Waals surface area contributed by atoms with Crippen LogP contribution in [0.5, 0.6) is 0 Å². The number of carbonyl (C=O) groups is 1. The lowest BCUT2D eigenvalue weighted by atomic mass is 10.3. The highest BCUT2D eigenvalue weighted by Crippen LogP contribution is 2.15. The first kappa shape index (κ1) is 14.7. The minimum Gasteiger partial charge on any atom is -0.322 e. The van der Waals surface area contributed by atoms with Gasteiger partial charge in [0, 0.05) is 0 Å². The first-order chi connectivity index (χ1) is 8.54. The molecule has 0 saturated carbocycles. The predicted molar refractivity (Wildman–Crippen MR) is 72.7 cm³/mol. The summed E-state index contributed by atoms with van der Waals surface area (Å²) in [6.45, 7) is 6.03. The van der Waals surface area contributed by atoms with E-state index in [1.54, 1.807) is 0 Å². The van der Waals surface area contributed by atoms with E-state index in [0.717, 1.165) is 36.6 Å². The molecule has 102 valence electrons. The molecule has 0 aliphatic rings. The third kappa shape index (κ3) is 4.46. The van der Waals surface area contributed by atoms with Gasteiger partial charge < -0.3 is 10.6 Å². The van der Waals surface area contributed by atoms with Crippen LogP contribution in [0.2, 0.25) is 0 Å². The second kappa shape index (κ2) is 7.13. The molecule has 0 aromatic carbocycles. The van der Waals surface area contributed by atoms with Crippen molar-refractivity contribution in [3.05, 3.63) is 11.4 Å². The number of likely N-dealkylation sites (N-methyl/N-ethyl adjacent to an activating group) is 1. The van der Waals surface area contributed by atoms with Crippen molar-refractivity contribution in [3.8, 4) is 0 Å². The standard InChI is InChI=1S/C12H23N5O/c1-9-12(10(2)16-15-9)14-11(18)8-17(4)7-5-6-13-3/h13H,5-8H2,1-4H3,(H,14,18)(H,15,16). The third-order valence-electron chi connectivity index (χ3n) is 2.77. The number of anilines is 1. The Morgan fingerprint density at radius 2 is 2.17 bits per heavy atom. The van der Waals surface area contributed by atoms with Gasteiger partial charge in [-0.05, 0) is 47.5 Å². The normalized spacial score (nSPS) is 10.9. The topological polar surface area (TPSA) is 73.1 Å². The molecule has 0 unspecified atom stereocenters. The summed E-state index contributed by atoms with van der Waals surface area (Å²) in [5.74, 6) is -0.00504. The highest BCUT2D eigenvalue weighted by atomic mass is 16.2. The lowest BCUT2D eigenvalue weighted by Crippen LogP contribution is -2.32. The maximum atomic E-state index is 11.8. The molecule has 18 heavy (non-hydrogen) atoms. The maximum Gasteiger partial charge on any atom is 0.238 e. The second-order valence-electron chi connectivity index (χ2n) is 4.55. The summed E-state index contributed by atoms with van der Waals surface area (Å²) in [6, 6.07) is 0. The predicted octanol–water partition coefficient (Wildman–Crippen LogP) is 0.506. The largest absolute Gasteiger partial charge is 0.322 e. The van der Waals surface area contributed by atoms with E-state index in [4.69, 9.17) is 0 Å². The van der Waals surface area contributed by atoms with Crippen LogP contribution in [-0.2, 0) is 4.79 Å². The summed E-state index contributed by atoms with van der Waals surface area (Å²) in [5.41, 5.74) is 2.50. The molecule has 0 aliphatic heterocycles. The number of amides is 1. The van der Waals surface area contributed by atoms with E-state index in [-0.39, 0.29) is 5.91 Å². The summed E-state index contributed by atoms with van der Waals surface area (Å²) in [7, 11) is 3.88. The Bertz CT molecular complexity index is 368. The van der Waals surface area contributed by atoms with Crippen LogP contribution in [-0.4, -0.2) is 54.7 Å². The van der Waals surface area contributed by atoms with Crippen molar-refractivity contribution in [3.63, 3.8) is 0 Å². The molecule has 1 aromatic heterocycles. The second-order valence-corrected chi connectivity index (χ2v) is 4.55. The van der Waals surface area contributed by atoms with Crippen molar-refractivity contribution in [2.75, 3.05) is 39.0 Å². The van der Waals surface area contributed by atoms with Crippen LogP contribution in [0.15, 0.2) is 0 Å². The molecule has 1 aromatic rings. The zero-order chi connectivity index (χ0) is 13.5. The van der Waals surface area contributed by atoms with Gasteiger partial charge in [0.15, 0.2) is 0 Å². The quantitative estimate of drug-likeness (QED) is 0.619. The van der Waals surface area contributed by atoms with Crippen molar-refractivity contribution in [1.82, 2.24) is 20.4 Å². The van der Waals surface area contributed by atoms with E-state index < -0.39 is 0 Å². The maximum absolute atomic E-state index is 11.8. The first-order valence-electron chi connectivity index (χ1n) is 6.19.